The van der Waals surface area contributed by atoms with Crippen LogP contribution in [0, 0.1) is 5.82 Å². The van der Waals surface area contributed by atoms with Crippen molar-refractivity contribution in [2.45, 2.75) is 19.4 Å². The molecule has 0 spiro atoms. The van der Waals surface area contributed by atoms with E-state index in [-0.39, 0.29) is 12.2 Å². The first-order chi connectivity index (χ1) is 13.7. The lowest BCUT2D eigenvalue weighted by molar-refractivity contribution is -0.121. The van der Waals surface area contributed by atoms with E-state index in [0.717, 1.165) is 22.2 Å². The van der Waals surface area contributed by atoms with Gasteiger partial charge in [0.05, 0.1) is 26.2 Å². The number of anilines is 1. The molecule has 2 rings (SSSR count). The first-order valence-corrected chi connectivity index (χ1v) is 10.8. The molecule has 0 bridgehead atoms. The van der Waals surface area contributed by atoms with E-state index in [0.29, 0.717) is 17.9 Å². The van der Waals surface area contributed by atoms with Crippen LogP contribution >= 0.6 is 0 Å². The van der Waals surface area contributed by atoms with E-state index in [9.17, 15) is 17.6 Å². The number of halogens is 1. The van der Waals surface area contributed by atoms with Gasteiger partial charge in [0.15, 0.2) is 11.5 Å². The number of benzene rings is 2. The van der Waals surface area contributed by atoms with Gasteiger partial charge in [-0.2, -0.15) is 0 Å². The summed E-state index contributed by atoms with van der Waals surface area (Å²) >= 11 is 0. The number of carbonyl (C=O) groups excluding carboxylic acids is 1. The minimum atomic E-state index is -3.88. The van der Waals surface area contributed by atoms with E-state index < -0.39 is 27.8 Å². The Morgan fingerprint density at radius 1 is 1.14 bits per heavy atom. The lowest BCUT2D eigenvalue weighted by Gasteiger charge is -2.28. The van der Waals surface area contributed by atoms with E-state index in [4.69, 9.17) is 9.47 Å². The highest BCUT2D eigenvalue weighted by atomic mass is 32.2. The van der Waals surface area contributed by atoms with E-state index >= 15 is 0 Å². The zero-order valence-corrected chi connectivity index (χ0v) is 17.6. The van der Waals surface area contributed by atoms with Crippen LogP contribution in [0.2, 0.25) is 0 Å². The van der Waals surface area contributed by atoms with E-state index in [1.165, 1.54) is 32.2 Å². The second-order valence-electron chi connectivity index (χ2n) is 6.42. The molecule has 29 heavy (non-hydrogen) atoms. The zero-order chi connectivity index (χ0) is 21.6. The molecule has 1 amide bonds. The summed E-state index contributed by atoms with van der Waals surface area (Å²) < 4.78 is 49.8. The molecule has 0 aliphatic rings. The Kier molecular flexibility index (Phi) is 7.44. The molecular formula is C20H25FN2O5S. The number of amides is 1. The smallest absolute Gasteiger partial charge is 0.243 e. The van der Waals surface area contributed by atoms with Crippen LogP contribution in [0.5, 0.6) is 11.5 Å². The standard InChI is InChI=1S/C20H25FN2O5S/c1-14(23(29(4,25)26)17-8-6-5-7-16(17)21)20(24)22-12-11-15-9-10-18(27-2)19(13-15)28-3/h5-10,13-14H,11-12H2,1-4H3,(H,22,24). The van der Waals surface area contributed by atoms with Crippen LogP contribution in [-0.2, 0) is 21.2 Å². The number of nitrogens with one attached hydrogen (secondary N) is 1. The van der Waals surface area contributed by atoms with Crippen molar-refractivity contribution in [1.29, 1.82) is 0 Å². The predicted octanol–water partition coefficient (Wildman–Crippen LogP) is 2.36. The highest BCUT2D eigenvalue weighted by Gasteiger charge is 2.30. The van der Waals surface area contributed by atoms with Crippen LogP contribution in [0.15, 0.2) is 42.5 Å². The maximum absolute atomic E-state index is 14.1. The number of methoxy groups -OCH3 is 2. The fourth-order valence-corrected chi connectivity index (χ4v) is 4.10. The molecule has 0 radical (unpaired) electrons. The molecule has 158 valence electrons. The van der Waals surface area contributed by atoms with Gasteiger partial charge < -0.3 is 14.8 Å². The number of sulfonamides is 1. The molecule has 1 N–H and O–H groups in total. The van der Waals surface area contributed by atoms with Crippen LogP contribution in [0.1, 0.15) is 12.5 Å². The first kappa shape index (κ1) is 22.5. The third-order valence-corrected chi connectivity index (χ3v) is 5.57. The van der Waals surface area contributed by atoms with Gasteiger partial charge in [-0.3, -0.25) is 9.10 Å². The Hall–Kier alpha value is -2.81. The number of ether oxygens (including phenoxy) is 2. The van der Waals surface area contributed by atoms with Crippen molar-refractivity contribution >= 4 is 21.6 Å². The highest BCUT2D eigenvalue weighted by Crippen LogP contribution is 2.27. The van der Waals surface area contributed by atoms with Crippen molar-refractivity contribution in [2.75, 3.05) is 31.3 Å². The average Bonchev–Trinajstić information content (AvgIpc) is 2.68. The van der Waals surface area contributed by atoms with Gasteiger partial charge >= 0.3 is 0 Å². The Labute approximate surface area is 170 Å². The molecule has 0 aliphatic carbocycles. The van der Waals surface area contributed by atoms with Gasteiger partial charge in [0.2, 0.25) is 15.9 Å². The van der Waals surface area contributed by atoms with Gasteiger partial charge in [0.1, 0.15) is 11.9 Å². The Morgan fingerprint density at radius 2 is 1.79 bits per heavy atom. The third-order valence-electron chi connectivity index (χ3n) is 4.34. The molecule has 0 fully saturated rings. The van der Waals surface area contributed by atoms with Gasteiger partial charge in [-0.25, -0.2) is 12.8 Å². The first-order valence-electron chi connectivity index (χ1n) is 8.91. The summed E-state index contributed by atoms with van der Waals surface area (Å²) in [6.07, 6.45) is 1.43. The van der Waals surface area contributed by atoms with Crippen molar-refractivity contribution in [1.82, 2.24) is 5.32 Å². The topological polar surface area (TPSA) is 84.9 Å². The lowest BCUT2D eigenvalue weighted by Crippen LogP contribution is -2.48. The Morgan fingerprint density at radius 3 is 2.38 bits per heavy atom. The molecule has 0 aliphatic heterocycles. The van der Waals surface area contributed by atoms with Gasteiger partial charge in [0.25, 0.3) is 0 Å². The van der Waals surface area contributed by atoms with E-state index in [2.05, 4.69) is 5.32 Å². The van der Waals surface area contributed by atoms with Gasteiger partial charge in [-0.15, -0.1) is 0 Å². The van der Waals surface area contributed by atoms with Gasteiger partial charge in [0, 0.05) is 6.54 Å². The maximum Gasteiger partial charge on any atom is 0.243 e. The van der Waals surface area contributed by atoms with Crippen molar-refractivity contribution in [3.05, 3.63) is 53.8 Å². The maximum atomic E-state index is 14.1. The molecule has 1 unspecified atom stereocenters. The number of carbonyl (C=O) groups is 1. The summed E-state index contributed by atoms with van der Waals surface area (Å²) in [5.74, 6) is -0.0721. The van der Waals surface area contributed by atoms with Crippen LogP contribution < -0.4 is 19.1 Å². The van der Waals surface area contributed by atoms with Crippen molar-refractivity contribution in [3.8, 4) is 11.5 Å². The third kappa shape index (κ3) is 5.60. The highest BCUT2D eigenvalue weighted by molar-refractivity contribution is 7.92. The molecule has 7 nitrogen and oxygen atoms in total. The number of para-hydroxylation sites is 1. The molecule has 2 aromatic carbocycles. The molecular weight excluding hydrogens is 399 g/mol. The number of hydrogen-bond acceptors (Lipinski definition) is 5. The average molecular weight is 424 g/mol. The van der Waals surface area contributed by atoms with Crippen molar-refractivity contribution in [3.63, 3.8) is 0 Å². The molecule has 0 aromatic heterocycles. The molecule has 1 atom stereocenters. The van der Waals surface area contributed by atoms with E-state index in [1.54, 1.807) is 19.2 Å². The fourth-order valence-electron chi connectivity index (χ4n) is 2.93. The summed E-state index contributed by atoms with van der Waals surface area (Å²) in [6.45, 7) is 1.69. The van der Waals surface area contributed by atoms with Crippen LogP contribution in [-0.4, -0.2) is 47.4 Å². The monoisotopic (exact) mass is 424 g/mol. The second-order valence-corrected chi connectivity index (χ2v) is 8.28. The number of hydrogen-bond donors (Lipinski definition) is 1. The predicted molar refractivity (Wildman–Crippen MR) is 109 cm³/mol. The summed E-state index contributed by atoms with van der Waals surface area (Å²) in [5.41, 5.74) is 0.738. The van der Waals surface area contributed by atoms with Crippen LogP contribution in [0.3, 0.4) is 0 Å². The van der Waals surface area contributed by atoms with Crippen LogP contribution in [0.25, 0.3) is 0 Å². The minimum absolute atomic E-state index is 0.169. The van der Waals surface area contributed by atoms with Gasteiger partial charge in [-0.05, 0) is 43.2 Å². The number of nitrogens with zero attached hydrogens (tertiary/aromatic N) is 1. The lowest BCUT2D eigenvalue weighted by atomic mass is 10.1. The summed E-state index contributed by atoms with van der Waals surface area (Å²) in [5, 5.41) is 2.70. The molecule has 0 saturated heterocycles. The molecule has 9 heteroatoms. The quantitative estimate of drug-likeness (QED) is 0.668. The molecule has 0 heterocycles. The van der Waals surface area contributed by atoms with Crippen molar-refractivity contribution in [2.24, 2.45) is 0 Å². The van der Waals surface area contributed by atoms with Crippen molar-refractivity contribution < 1.29 is 27.1 Å². The Balaban J connectivity index is 2.08. The fraction of sp³-hybridized carbons (Fsp3) is 0.350. The molecule has 2 aromatic rings. The second kappa shape index (κ2) is 9.60. The zero-order valence-electron chi connectivity index (χ0n) is 16.8. The SMILES string of the molecule is COc1ccc(CCNC(=O)C(C)N(c2ccccc2F)S(C)(=O)=O)cc1OC. The van der Waals surface area contributed by atoms with Crippen LogP contribution in [0.4, 0.5) is 10.1 Å². The minimum Gasteiger partial charge on any atom is -0.493 e. The number of rotatable bonds is 9. The van der Waals surface area contributed by atoms with E-state index in [1.807, 2.05) is 6.07 Å². The molecule has 0 saturated carbocycles. The Bertz CT molecular complexity index is 965. The summed E-state index contributed by atoms with van der Waals surface area (Å²) in [4.78, 5) is 12.5. The summed E-state index contributed by atoms with van der Waals surface area (Å²) in [7, 11) is -0.797. The van der Waals surface area contributed by atoms with Gasteiger partial charge in [-0.1, -0.05) is 18.2 Å². The largest absolute Gasteiger partial charge is 0.493 e. The normalized spacial score (nSPS) is 12.2. The summed E-state index contributed by atoms with van der Waals surface area (Å²) in [6, 6.07) is 9.73.